The van der Waals surface area contributed by atoms with E-state index in [9.17, 15) is 8.76 Å². The van der Waals surface area contributed by atoms with Crippen LogP contribution in [0, 0.1) is 0 Å². The zero-order valence-electron chi connectivity index (χ0n) is 13.6. The Balaban J connectivity index is 1.94. The number of benzene rings is 2. The van der Waals surface area contributed by atoms with Gasteiger partial charge in [-0.1, -0.05) is 0 Å². The summed E-state index contributed by atoms with van der Waals surface area (Å²) in [7, 11) is 3.16. The van der Waals surface area contributed by atoms with Crippen LogP contribution in [0.2, 0.25) is 0 Å². The van der Waals surface area contributed by atoms with Crippen molar-refractivity contribution in [1.82, 2.24) is 4.98 Å². The van der Waals surface area contributed by atoms with Gasteiger partial charge in [0.25, 0.3) is 0 Å². The van der Waals surface area contributed by atoms with Gasteiger partial charge >= 0.3 is 0 Å². The number of pyridine rings is 1. The average Bonchev–Trinajstić information content (AvgIpc) is 2.62. The molecule has 2 N–H and O–H groups in total. The predicted molar refractivity (Wildman–Crippen MR) is 97.1 cm³/mol. The first kappa shape index (κ1) is 17.0. The van der Waals surface area contributed by atoms with Gasteiger partial charge in [-0.2, -0.15) is 0 Å². The van der Waals surface area contributed by atoms with E-state index in [0.29, 0.717) is 17.2 Å². The fourth-order valence-corrected chi connectivity index (χ4v) is 2.78. The zero-order chi connectivity index (χ0) is 17.8. The van der Waals surface area contributed by atoms with Crippen molar-refractivity contribution in [3.8, 4) is 11.5 Å². The summed E-state index contributed by atoms with van der Waals surface area (Å²) in [5.41, 5.74) is 2.91. The van der Waals surface area contributed by atoms with Crippen molar-refractivity contribution in [2.24, 2.45) is 0 Å². The summed E-state index contributed by atoms with van der Waals surface area (Å²) in [6.45, 7) is 0. The van der Waals surface area contributed by atoms with E-state index < -0.39 is 11.3 Å². The molecule has 1 aromatic heterocycles. The summed E-state index contributed by atoms with van der Waals surface area (Å²) < 4.78 is 34.3. The van der Waals surface area contributed by atoms with Gasteiger partial charge in [0.1, 0.15) is 0 Å². The van der Waals surface area contributed by atoms with Crippen molar-refractivity contribution in [3.63, 3.8) is 0 Å². The fourth-order valence-electron chi connectivity index (χ4n) is 2.46. The van der Waals surface area contributed by atoms with Crippen molar-refractivity contribution < 1.29 is 18.2 Å². The number of methoxy groups -OCH3 is 2. The van der Waals surface area contributed by atoms with Gasteiger partial charge in [0.05, 0.1) is 19.7 Å². The Hall–Kier alpha value is -2.84. The monoisotopic (exact) mass is 358 g/mol. The highest BCUT2D eigenvalue weighted by Crippen LogP contribution is 2.35. The molecule has 0 aliphatic heterocycles. The molecule has 3 aromatic rings. The van der Waals surface area contributed by atoms with E-state index in [0.717, 1.165) is 22.3 Å². The lowest BCUT2D eigenvalue weighted by atomic mass is 10.1. The van der Waals surface area contributed by atoms with Crippen LogP contribution in [-0.2, 0) is 11.3 Å². The molecule has 0 saturated heterocycles. The Morgan fingerprint density at radius 1 is 1.00 bits per heavy atom. The Bertz CT molecular complexity index is 916. The van der Waals surface area contributed by atoms with Crippen LogP contribution in [0.5, 0.6) is 11.5 Å². The van der Waals surface area contributed by atoms with E-state index in [2.05, 4.69) is 15.0 Å². The van der Waals surface area contributed by atoms with Crippen LogP contribution >= 0.6 is 0 Å². The Kier molecular flexibility index (Phi) is 5.01. The molecular formula is C17H16N3O4S-. The normalized spacial score (nSPS) is 11.8. The summed E-state index contributed by atoms with van der Waals surface area (Å²) in [5, 5.41) is 4.18. The molecule has 1 unspecified atom stereocenters. The van der Waals surface area contributed by atoms with Crippen LogP contribution in [0.3, 0.4) is 0 Å². The SMILES string of the molecule is COc1cc2nccc(Nc3ccc(NS(=O)[O-])cc3)c2cc1OC. The number of anilines is 3. The smallest absolute Gasteiger partial charge is 0.162 e. The number of hydrogen-bond donors (Lipinski definition) is 2. The molecule has 25 heavy (non-hydrogen) atoms. The number of fused-ring (bicyclic) bond motifs is 1. The molecule has 8 heteroatoms. The van der Waals surface area contributed by atoms with Crippen molar-refractivity contribution in [3.05, 3.63) is 48.7 Å². The Labute approximate surface area is 147 Å². The maximum absolute atomic E-state index is 10.6. The van der Waals surface area contributed by atoms with E-state index in [1.807, 2.05) is 18.2 Å². The first-order valence-electron chi connectivity index (χ1n) is 7.34. The van der Waals surface area contributed by atoms with Crippen molar-refractivity contribution >= 4 is 39.2 Å². The minimum Gasteiger partial charge on any atom is -0.755 e. The van der Waals surface area contributed by atoms with Crippen LogP contribution in [0.1, 0.15) is 0 Å². The maximum atomic E-state index is 10.6. The molecule has 0 aliphatic carbocycles. The van der Waals surface area contributed by atoms with Crippen LogP contribution in [0.25, 0.3) is 10.9 Å². The highest BCUT2D eigenvalue weighted by molar-refractivity contribution is 7.80. The second kappa shape index (κ2) is 7.37. The lowest BCUT2D eigenvalue weighted by molar-refractivity contribution is 0.356. The number of rotatable bonds is 6. The molecule has 7 nitrogen and oxygen atoms in total. The topological polar surface area (TPSA) is 95.5 Å². The lowest BCUT2D eigenvalue weighted by Crippen LogP contribution is -2.02. The van der Waals surface area contributed by atoms with Crippen LogP contribution in [0.15, 0.2) is 48.7 Å². The molecule has 3 rings (SSSR count). The zero-order valence-corrected chi connectivity index (χ0v) is 14.4. The van der Waals surface area contributed by atoms with E-state index in [-0.39, 0.29) is 0 Å². The third kappa shape index (κ3) is 3.81. The molecule has 2 aromatic carbocycles. The quantitative estimate of drug-likeness (QED) is 0.657. The molecule has 0 radical (unpaired) electrons. The van der Waals surface area contributed by atoms with Gasteiger partial charge in [-0.25, -0.2) is 0 Å². The van der Waals surface area contributed by atoms with Gasteiger partial charge in [0, 0.05) is 46.0 Å². The Morgan fingerprint density at radius 2 is 1.64 bits per heavy atom. The van der Waals surface area contributed by atoms with Crippen LogP contribution < -0.4 is 19.5 Å². The summed E-state index contributed by atoms with van der Waals surface area (Å²) in [4.78, 5) is 4.36. The van der Waals surface area contributed by atoms with Gasteiger partial charge in [-0.15, -0.1) is 0 Å². The molecule has 0 aliphatic rings. The maximum Gasteiger partial charge on any atom is 0.162 e. The first-order valence-corrected chi connectivity index (χ1v) is 8.42. The Morgan fingerprint density at radius 3 is 2.28 bits per heavy atom. The highest BCUT2D eigenvalue weighted by atomic mass is 32.2. The van der Waals surface area contributed by atoms with E-state index in [4.69, 9.17) is 9.47 Å². The van der Waals surface area contributed by atoms with Crippen LogP contribution in [-0.4, -0.2) is 28.0 Å². The number of nitrogens with one attached hydrogen (secondary N) is 2. The molecule has 1 atom stereocenters. The van der Waals surface area contributed by atoms with Gasteiger partial charge < -0.3 is 24.1 Å². The third-order valence-corrected chi connectivity index (χ3v) is 4.01. The second-order valence-corrected chi connectivity index (χ2v) is 5.80. The molecule has 1 heterocycles. The minimum absolute atomic E-state index is 0.491. The summed E-state index contributed by atoms with van der Waals surface area (Å²) in [6.07, 6.45) is 1.70. The number of aromatic nitrogens is 1. The van der Waals surface area contributed by atoms with E-state index >= 15 is 0 Å². The molecular weight excluding hydrogens is 342 g/mol. The highest BCUT2D eigenvalue weighted by Gasteiger charge is 2.10. The molecule has 0 amide bonds. The fraction of sp³-hybridized carbons (Fsp3) is 0.118. The number of nitrogens with zero attached hydrogens (tertiary/aromatic N) is 1. The minimum atomic E-state index is -2.34. The van der Waals surface area contributed by atoms with Gasteiger partial charge in [0.15, 0.2) is 11.5 Å². The second-order valence-electron chi connectivity index (χ2n) is 5.12. The number of hydrogen-bond acceptors (Lipinski definition) is 6. The largest absolute Gasteiger partial charge is 0.755 e. The first-order chi connectivity index (χ1) is 12.1. The lowest BCUT2D eigenvalue weighted by Gasteiger charge is -2.13. The van der Waals surface area contributed by atoms with Crippen molar-refractivity contribution in [2.75, 3.05) is 24.3 Å². The standard InChI is InChI=1S/C17H17N3O4S/c1-23-16-9-13-14(7-8-18-15(13)10-17(16)24-2)19-11-3-5-12(6-4-11)20-25(21)22/h3-10,20H,1-2H3,(H,18,19)(H,21,22)/p-1. The molecule has 0 spiro atoms. The molecule has 0 fully saturated rings. The third-order valence-electron chi connectivity index (χ3n) is 3.61. The van der Waals surface area contributed by atoms with Crippen molar-refractivity contribution in [1.29, 1.82) is 0 Å². The molecule has 0 saturated carbocycles. The van der Waals surface area contributed by atoms with Gasteiger partial charge in [-0.3, -0.25) is 9.19 Å². The van der Waals surface area contributed by atoms with E-state index in [1.165, 1.54) is 0 Å². The molecule has 130 valence electrons. The summed E-state index contributed by atoms with van der Waals surface area (Å²) in [5.74, 6) is 1.23. The van der Waals surface area contributed by atoms with Gasteiger partial charge in [-0.05, 0) is 36.4 Å². The summed E-state index contributed by atoms with van der Waals surface area (Å²) in [6, 6.07) is 12.4. The van der Waals surface area contributed by atoms with Gasteiger partial charge in [0.2, 0.25) is 0 Å². The van der Waals surface area contributed by atoms with E-state index in [1.54, 1.807) is 44.7 Å². The summed E-state index contributed by atoms with van der Waals surface area (Å²) >= 11 is -2.34. The van der Waals surface area contributed by atoms with Crippen molar-refractivity contribution in [2.45, 2.75) is 0 Å². The average molecular weight is 358 g/mol. The van der Waals surface area contributed by atoms with Crippen LogP contribution in [0.4, 0.5) is 17.1 Å². The molecule has 0 bridgehead atoms. The number of ether oxygens (including phenoxy) is 2. The predicted octanol–water partition coefficient (Wildman–Crippen LogP) is 3.20.